The maximum Gasteiger partial charge on any atom is 0.230 e. The van der Waals surface area contributed by atoms with Gasteiger partial charge < -0.3 is 15.4 Å². The molecule has 0 amide bonds. The molecule has 0 spiro atoms. The maximum atomic E-state index is 5.63. The Hall–Kier alpha value is -2.21. The molecule has 2 aromatic rings. The van der Waals surface area contributed by atoms with E-state index >= 15 is 0 Å². The highest BCUT2D eigenvalue weighted by molar-refractivity contribution is 7.80. The van der Waals surface area contributed by atoms with Gasteiger partial charge in [0, 0.05) is 18.4 Å². The summed E-state index contributed by atoms with van der Waals surface area (Å²) < 4.78 is 5.14. The molecule has 2 rings (SSSR count). The van der Waals surface area contributed by atoms with Crippen LogP contribution in [0.3, 0.4) is 0 Å². The van der Waals surface area contributed by atoms with Gasteiger partial charge in [-0.05, 0) is 37.3 Å². The molecule has 0 atom stereocenters. The van der Waals surface area contributed by atoms with E-state index in [1.54, 1.807) is 13.2 Å². The second-order valence-electron chi connectivity index (χ2n) is 4.32. The molecule has 0 saturated carbocycles. The number of hydrogen-bond acceptors (Lipinski definition) is 5. The van der Waals surface area contributed by atoms with Crippen LogP contribution in [-0.4, -0.2) is 29.1 Å². The van der Waals surface area contributed by atoms with Crippen molar-refractivity contribution in [1.82, 2.24) is 9.97 Å². The molecule has 1 aromatic carbocycles. The van der Waals surface area contributed by atoms with Crippen molar-refractivity contribution in [3.8, 4) is 5.75 Å². The zero-order chi connectivity index (χ0) is 14.7. The van der Waals surface area contributed by atoms with Gasteiger partial charge in [-0.15, -0.1) is 0 Å². The summed E-state index contributed by atoms with van der Waals surface area (Å²) in [6, 6.07) is 9.41. The largest absolute Gasteiger partial charge is 0.497 e. The second kappa shape index (κ2) is 5.83. The Labute approximate surface area is 123 Å². The summed E-state index contributed by atoms with van der Waals surface area (Å²) in [7, 11) is 3.52. The van der Waals surface area contributed by atoms with Crippen LogP contribution in [0.15, 0.2) is 30.3 Å². The summed E-state index contributed by atoms with van der Waals surface area (Å²) >= 11 is 4.97. The van der Waals surface area contributed by atoms with Gasteiger partial charge in [0.15, 0.2) is 0 Å². The van der Waals surface area contributed by atoms with Gasteiger partial charge in [-0.3, -0.25) is 0 Å². The SMILES string of the molecule is COc1ccc(N(C)c2nc(C)cc(C(N)=S)n2)cc1. The number of aryl methyl sites for hydroxylation is 1. The van der Waals surface area contributed by atoms with E-state index in [0.717, 1.165) is 17.1 Å². The highest BCUT2D eigenvalue weighted by Gasteiger charge is 2.10. The maximum absolute atomic E-state index is 5.63. The summed E-state index contributed by atoms with van der Waals surface area (Å²) in [6.45, 7) is 1.88. The van der Waals surface area contributed by atoms with Crippen LogP contribution in [0, 0.1) is 6.92 Å². The lowest BCUT2D eigenvalue weighted by molar-refractivity contribution is 0.415. The van der Waals surface area contributed by atoms with Gasteiger partial charge in [-0.25, -0.2) is 9.97 Å². The molecule has 0 aliphatic rings. The Morgan fingerprint density at radius 3 is 2.45 bits per heavy atom. The first-order chi connectivity index (χ1) is 9.51. The van der Waals surface area contributed by atoms with Crippen LogP contribution in [-0.2, 0) is 0 Å². The van der Waals surface area contributed by atoms with E-state index in [-0.39, 0.29) is 4.99 Å². The van der Waals surface area contributed by atoms with Crippen molar-refractivity contribution in [3.05, 3.63) is 41.7 Å². The Morgan fingerprint density at radius 2 is 1.90 bits per heavy atom. The highest BCUT2D eigenvalue weighted by Crippen LogP contribution is 2.23. The molecule has 0 aliphatic heterocycles. The Kier molecular flexibility index (Phi) is 4.14. The molecule has 0 fully saturated rings. The summed E-state index contributed by atoms with van der Waals surface area (Å²) in [4.78, 5) is 10.9. The standard InChI is InChI=1S/C14H16N4OS/c1-9-8-12(13(15)20)17-14(16-9)18(2)10-4-6-11(19-3)7-5-10/h4-8H,1-3H3,(H2,15,20). The zero-order valence-electron chi connectivity index (χ0n) is 11.6. The van der Waals surface area contributed by atoms with E-state index in [9.17, 15) is 0 Å². The van der Waals surface area contributed by atoms with E-state index < -0.39 is 0 Å². The lowest BCUT2D eigenvalue weighted by Crippen LogP contribution is -2.18. The molecule has 2 N–H and O–H groups in total. The molecule has 20 heavy (non-hydrogen) atoms. The highest BCUT2D eigenvalue weighted by atomic mass is 32.1. The molecular weight excluding hydrogens is 272 g/mol. The number of nitrogens with zero attached hydrogens (tertiary/aromatic N) is 3. The van der Waals surface area contributed by atoms with Crippen LogP contribution in [0.4, 0.5) is 11.6 Å². The molecular formula is C14H16N4OS. The van der Waals surface area contributed by atoms with E-state index in [4.69, 9.17) is 22.7 Å². The third-order valence-electron chi connectivity index (χ3n) is 2.85. The lowest BCUT2D eigenvalue weighted by atomic mass is 10.3. The third-order valence-corrected chi connectivity index (χ3v) is 3.06. The number of rotatable bonds is 4. The molecule has 5 nitrogen and oxygen atoms in total. The van der Waals surface area contributed by atoms with Crippen LogP contribution >= 0.6 is 12.2 Å². The van der Waals surface area contributed by atoms with Crippen molar-refractivity contribution in [2.75, 3.05) is 19.1 Å². The number of thiocarbonyl (C=S) groups is 1. The molecule has 0 unspecified atom stereocenters. The summed E-state index contributed by atoms with van der Waals surface area (Å²) in [5, 5.41) is 0. The summed E-state index contributed by atoms with van der Waals surface area (Å²) in [6.07, 6.45) is 0. The quantitative estimate of drug-likeness (QED) is 0.870. The minimum absolute atomic E-state index is 0.264. The number of ether oxygens (including phenoxy) is 1. The average Bonchev–Trinajstić information content (AvgIpc) is 2.46. The monoisotopic (exact) mass is 288 g/mol. The van der Waals surface area contributed by atoms with Gasteiger partial charge in [-0.2, -0.15) is 0 Å². The van der Waals surface area contributed by atoms with Crippen LogP contribution in [0.1, 0.15) is 11.4 Å². The van der Waals surface area contributed by atoms with Crippen LogP contribution in [0.2, 0.25) is 0 Å². The van der Waals surface area contributed by atoms with Crippen molar-refractivity contribution in [2.24, 2.45) is 5.73 Å². The number of hydrogen-bond donors (Lipinski definition) is 1. The van der Waals surface area contributed by atoms with Gasteiger partial charge >= 0.3 is 0 Å². The molecule has 104 valence electrons. The number of methoxy groups -OCH3 is 1. The fourth-order valence-corrected chi connectivity index (χ4v) is 1.85. The molecule has 0 saturated heterocycles. The number of nitrogens with two attached hydrogens (primary N) is 1. The van der Waals surface area contributed by atoms with E-state index in [1.165, 1.54) is 0 Å². The zero-order valence-corrected chi connectivity index (χ0v) is 12.4. The Morgan fingerprint density at radius 1 is 1.25 bits per heavy atom. The molecule has 0 bridgehead atoms. The van der Waals surface area contributed by atoms with Crippen molar-refractivity contribution in [2.45, 2.75) is 6.92 Å². The Bertz CT molecular complexity index is 628. The van der Waals surface area contributed by atoms with Gasteiger partial charge in [-0.1, -0.05) is 12.2 Å². The molecule has 1 heterocycles. The van der Waals surface area contributed by atoms with E-state index in [0.29, 0.717) is 11.6 Å². The first kappa shape index (κ1) is 14.2. The van der Waals surface area contributed by atoms with Gasteiger partial charge in [0.05, 0.1) is 7.11 Å². The predicted molar refractivity (Wildman–Crippen MR) is 83.7 cm³/mol. The number of anilines is 2. The Balaban J connectivity index is 2.36. The molecule has 1 aromatic heterocycles. The summed E-state index contributed by atoms with van der Waals surface area (Å²) in [5.74, 6) is 1.36. The fourth-order valence-electron chi connectivity index (χ4n) is 1.75. The minimum atomic E-state index is 0.264. The predicted octanol–water partition coefficient (Wildman–Crippen LogP) is 2.20. The third kappa shape index (κ3) is 3.03. The van der Waals surface area contributed by atoms with E-state index in [1.807, 2.05) is 43.1 Å². The first-order valence-electron chi connectivity index (χ1n) is 6.04. The van der Waals surface area contributed by atoms with Crippen molar-refractivity contribution < 1.29 is 4.74 Å². The molecule has 0 aliphatic carbocycles. The van der Waals surface area contributed by atoms with Crippen LogP contribution < -0.4 is 15.4 Å². The van der Waals surface area contributed by atoms with Crippen LogP contribution in [0.5, 0.6) is 5.75 Å². The van der Waals surface area contributed by atoms with Crippen molar-refractivity contribution >= 4 is 28.8 Å². The average molecular weight is 288 g/mol. The normalized spacial score (nSPS) is 10.2. The summed E-state index contributed by atoms with van der Waals surface area (Å²) in [5.41, 5.74) is 7.97. The smallest absolute Gasteiger partial charge is 0.230 e. The van der Waals surface area contributed by atoms with Crippen LogP contribution in [0.25, 0.3) is 0 Å². The van der Waals surface area contributed by atoms with Gasteiger partial charge in [0.2, 0.25) is 5.95 Å². The first-order valence-corrected chi connectivity index (χ1v) is 6.45. The van der Waals surface area contributed by atoms with E-state index in [2.05, 4.69) is 9.97 Å². The van der Waals surface area contributed by atoms with Crippen molar-refractivity contribution in [1.29, 1.82) is 0 Å². The topological polar surface area (TPSA) is 64.3 Å². The minimum Gasteiger partial charge on any atom is -0.497 e. The number of benzene rings is 1. The van der Waals surface area contributed by atoms with Crippen molar-refractivity contribution in [3.63, 3.8) is 0 Å². The number of aromatic nitrogens is 2. The lowest BCUT2D eigenvalue weighted by Gasteiger charge is -2.18. The second-order valence-corrected chi connectivity index (χ2v) is 4.76. The fraction of sp³-hybridized carbons (Fsp3) is 0.214. The molecule has 0 radical (unpaired) electrons. The van der Waals surface area contributed by atoms with Gasteiger partial charge in [0.1, 0.15) is 16.4 Å². The molecule has 6 heteroatoms. The van der Waals surface area contributed by atoms with Gasteiger partial charge in [0.25, 0.3) is 0 Å².